The first-order valence-corrected chi connectivity index (χ1v) is 7.53. The summed E-state index contributed by atoms with van der Waals surface area (Å²) in [5.74, 6) is 0.0732. The predicted molar refractivity (Wildman–Crippen MR) is 79.3 cm³/mol. The topological polar surface area (TPSA) is 46.3 Å². The molecule has 3 nitrogen and oxygen atoms in total. The molecule has 1 aromatic rings. The number of carbonyl (C=O) groups is 1. The number of hydrogen-bond donors (Lipinski definition) is 1. The molecule has 0 unspecified atom stereocenters. The highest BCUT2D eigenvalue weighted by atomic mass is 32.1. The van der Waals surface area contributed by atoms with Crippen LogP contribution in [0.15, 0.2) is 6.07 Å². The van der Waals surface area contributed by atoms with Gasteiger partial charge in [0.15, 0.2) is 0 Å². The number of rotatable bonds is 5. The van der Waals surface area contributed by atoms with Crippen LogP contribution in [0.1, 0.15) is 39.9 Å². The lowest BCUT2D eigenvalue weighted by atomic mass is 10.2. The van der Waals surface area contributed by atoms with Crippen LogP contribution in [0, 0.1) is 0 Å². The van der Waals surface area contributed by atoms with Crippen molar-refractivity contribution in [1.82, 2.24) is 4.90 Å². The van der Waals surface area contributed by atoms with E-state index in [1.165, 1.54) is 16.9 Å². The van der Waals surface area contributed by atoms with E-state index >= 15 is 0 Å². The summed E-state index contributed by atoms with van der Waals surface area (Å²) in [5.41, 5.74) is 6.91. The first-order valence-electron chi connectivity index (χ1n) is 6.31. The minimum atomic E-state index is 0.0732. The van der Waals surface area contributed by atoms with Gasteiger partial charge in [0.25, 0.3) is 5.91 Å². The summed E-state index contributed by atoms with van der Waals surface area (Å²) >= 11 is 6.54. The molecule has 0 saturated heterocycles. The Balaban J connectivity index is 2.13. The van der Waals surface area contributed by atoms with Crippen LogP contribution in [0.4, 0.5) is 0 Å². The van der Waals surface area contributed by atoms with Crippen LogP contribution in [0.25, 0.3) is 0 Å². The Morgan fingerprint density at radius 2 is 2.33 bits per heavy atom. The van der Waals surface area contributed by atoms with Gasteiger partial charge in [-0.2, -0.15) is 0 Å². The number of fused-ring (bicyclic) bond motifs is 1. The van der Waals surface area contributed by atoms with Crippen molar-refractivity contribution in [1.29, 1.82) is 0 Å². The highest BCUT2D eigenvalue weighted by Gasteiger charge is 2.22. The van der Waals surface area contributed by atoms with Crippen molar-refractivity contribution < 1.29 is 4.79 Å². The van der Waals surface area contributed by atoms with E-state index < -0.39 is 0 Å². The molecular formula is C13H18N2OS2. The summed E-state index contributed by atoms with van der Waals surface area (Å²) in [5, 5.41) is 0. The van der Waals surface area contributed by atoms with Gasteiger partial charge in [-0.25, -0.2) is 0 Å². The van der Waals surface area contributed by atoms with E-state index in [0.717, 1.165) is 24.1 Å². The molecule has 2 N–H and O–H groups in total. The second kappa shape index (κ2) is 5.80. The molecule has 18 heavy (non-hydrogen) atoms. The number of aryl methyl sites for hydroxylation is 2. The Labute approximate surface area is 117 Å². The molecule has 1 aliphatic carbocycles. The number of hydrogen-bond acceptors (Lipinski definition) is 3. The van der Waals surface area contributed by atoms with Gasteiger partial charge in [0.2, 0.25) is 0 Å². The lowest BCUT2D eigenvalue weighted by Gasteiger charge is -2.20. The zero-order valence-electron chi connectivity index (χ0n) is 10.6. The average molecular weight is 282 g/mol. The van der Waals surface area contributed by atoms with Crippen LogP contribution in [-0.2, 0) is 12.8 Å². The first kappa shape index (κ1) is 13.5. The second-order valence-electron chi connectivity index (χ2n) is 4.61. The van der Waals surface area contributed by atoms with Crippen LogP contribution in [0.5, 0.6) is 0 Å². The van der Waals surface area contributed by atoms with Crippen LogP contribution in [-0.4, -0.2) is 28.9 Å². The minimum Gasteiger partial charge on any atom is -0.392 e. The zero-order valence-corrected chi connectivity index (χ0v) is 12.2. The average Bonchev–Trinajstić information content (AvgIpc) is 2.86. The summed E-state index contributed by atoms with van der Waals surface area (Å²) < 4.78 is 0. The van der Waals surface area contributed by atoms with Crippen molar-refractivity contribution in [2.75, 3.05) is 13.1 Å². The summed E-state index contributed by atoms with van der Waals surface area (Å²) in [6.45, 7) is 3.14. The van der Waals surface area contributed by atoms with Crippen molar-refractivity contribution in [3.8, 4) is 0 Å². The molecule has 1 aliphatic rings. The van der Waals surface area contributed by atoms with Crippen molar-refractivity contribution >= 4 is 34.5 Å². The van der Waals surface area contributed by atoms with Gasteiger partial charge in [0.1, 0.15) is 0 Å². The highest BCUT2D eigenvalue weighted by molar-refractivity contribution is 7.80. The molecule has 0 fully saturated rings. The molecule has 0 atom stereocenters. The lowest BCUT2D eigenvalue weighted by Crippen LogP contribution is -2.37. The monoisotopic (exact) mass is 282 g/mol. The molecule has 2 rings (SSSR count). The second-order valence-corrected chi connectivity index (χ2v) is 6.27. The summed E-state index contributed by atoms with van der Waals surface area (Å²) in [7, 11) is 0. The van der Waals surface area contributed by atoms with Gasteiger partial charge >= 0.3 is 0 Å². The lowest BCUT2D eigenvalue weighted by molar-refractivity contribution is 0.0784. The third-order valence-corrected chi connectivity index (χ3v) is 4.44. The van der Waals surface area contributed by atoms with E-state index in [0.29, 0.717) is 18.1 Å². The fourth-order valence-electron chi connectivity index (χ4n) is 2.30. The Hall–Kier alpha value is -0.940. The van der Waals surface area contributed by atoms with E-state index in [2.05, 4.69) is 6.07 Å². The Kier molecular flexibility index (Phi) is 4.35. The number of nitrogens with zero attached hydrogens (tertiary/aromatic N) is 1. The SMILES string of the molecule is CCCN(CC(N)=S)C(=O)c1cc2c(s1)CCC2. The molecule has 0 bridgehead atoms. The summed E-state index contributed by atoms with van der Waals surface area (Å²) in [6.07, 6.45) is 4.37. The molecule has 0 aliphatic heterocycles. The van der Waals surface area contributed by atoms with E-state index in [1.807, 2.05) is 6.92 Å². The predicted octanol–water partition coefficient (Wildman–Crippen LogP) is 2.38. The van der Waals surface area contributed by atoms with Crippen molar-refractivity contribution in [2.45, 2.75) is 32.6 Å². The smallest absolute Gasteiger partial charge is 0.264 e. The van der Waals surface area contributed by atoms with Gasteiger partial charge in [-0.05, 0) is 37.3 Å². The molecule has 5 heteroatoms. The van der Waals surface area contributed by atoms with Crippen LogP contribution >= 0.6 is 23.6 Å². The minimum absolute atomic E-state index is 0.0732. The standard InChI is InChI=1S/C13H18N2OS2/c1-2-6-15(8-12(14)17)13(16)11-7-9-4-3-5-10(9)18-11/h7H,2-6,8H2,1H3,(H2,14,17). The van der Waals surface area contributed by atoms with Crippen LogP contribution in [0.2, 0.25) is 0 Å². The molecule has 1 aromatic heterocycles. The van der Waals surface area contributed by atoms with E-state index in [-0.39, 0.29) is 5.91 Å². The first-order chi connectivity index (χ1) is 8.61. The van der Waals surface area contributed by atoms with Gasteiger partial charge in [-0.1, -0.05) is 19.1 Å². The quantitative estimate of drug-likeness (QED) is 0.843. The molecule has 0 spiro atoms. The van der Waals surface area contributed by atoms with E-state index in [1.54, 1.807) is 16.2 Å². The summed E-state index contributed by atoms with van der Waals surface area (Å²) in [4.78, 5) is 16.7. The van der Waals surface area contributed by atoms with Crippen LogP contribution in [0.3, 0.4) is 0 Å². The molecule has 1 amide bonds. The zero-order chi connectivity index (χ0) is 13.1. The number of amides is 1. The molecule has 0 saturated carbocycles. The number of nitrogens with two attached hydrogens (primary N) is 1. The van der Waals surface area contributed by atoms with Gasteiger partial charge in [0, 0.05) is 11.4 Å². The number of carbonyl (C=O) groups excluding carboxylic acids is 1. The fourth-order valence-corrected chi connectivity index (χ4v) is 3.68. The Morgan fingerprint density at radius 3 is 2.94 bits per heavy atom. The number of thiophene rings is 1. The molecular weight excluding hydrogens is 264 g/mol. The van der Waals surface area contributed by atoms with Gasteiger partial charge in [-0.15, -0.1) is 11.3 Å². The largest absolute Gasteiger partial charge is 0.392 e. The van der Waals surface area contributed by atoms with Gasteiger partial charge < -0.3 is 10.6 Å². The fraction of sp³-hybridized carbons (Fsp3) is 0.538. The van der Waals surface area contributed by atoms with Crippen molar-refractivity contribution in [3.05, 3.63) is 21.4 Å². The Bertz CT molecular complexity index is 446. The van der Waals surface area contributed by atoms with Gasteiger partial charge in [-0.3, -0.25) is 4.79 Å². The number of thiocarbonyl (C=S) groups is 1. The maximum Gasteiger partial charge on any atom is 0.264 e. The molecule has 98 valence electrons. The van der Waals surface area contributed by atoms with E-state index in [9.17, 15) is 4.79 Å². The molecule has 0 aromatic carbocycles. The van der Waals surface area contributed by atoms with Crippen LogP contribution < -0.4 is 5.73 Å². The third-order valence-electron chi connectivity index (χ3n) is 3.08. The van der Waals surface area contributed by atoms with Gasteiger partial charge in [0.05, 0.1) is 16.4 Å². The normalized spacial score (nSPS) is 13.4. The van der Waals surface area contributed by atoms with E-state index in [4.69, 9.17) is 18.0 Å². The highest BCUT2D eigenvalue weighted by Crippen LogP contribution is 2.31. The third kappa shape index (κ3) is 2.90. The summed E-state index contributed by atoms with van der Waals surface area (Å²) in [6, 6.07) is 2.05. The molecule has 1 heterocycles. The van der Waals surface area contributed by atoms with Crippen molar-refractivity contribution in [2.24, 2.45) is 5.73 Å². The maximum absolute atomic E-state index is 12.4. The maximum atomic E-state index is 12.4. The molecule has 0 radical (unpaired) electrons. The Morgan fingerprint density at radius 1 is 1.56 bits per heavy atom. The van der Waals surface area contributed by atoms with Crippen molar-refractivity contribution in [3.63, 3.8) is 0 Å².